The smallest absolute Gasteiger partial charge is 0.337 e. The van der Waals surface area contributed by atoms with E-state index in [1.807, 2.05) is 0 Å². The van der Waals surface area contributed by atoms with Crippen LogP contribution in [0.4, 0.5) is 0 Å². The molecule has 1 heterocycles. The number of hydrogen-bond acceptors (Lipinski definition) is 4. The second kappa shape index (κ2) is 3.51. The second-order valence-electron chi connectivity index (χ2n) is 3.39. The molecule has 0 radical (unpaired) electrons. The molecule has 6 heteroatoms. The molecule has 1 rings (SSSR count). The zero-order valence-corrected chi connectivity index (χ0v) is 9.00. The molecule has 5 nitrogen and oxygen atoms in total. The van der Waals surface area contributed by atoms with Crippen molar-refractivity contribution in [3.63, 3.8) is 0 Å². The van der Waals surface area contributed by atoms with Crippen LogP contribution in [0.25, 0.3) is 0 Å². The van der Waals surface area contributed by atoms with Gasteiger partial charge in [-0.05, 0) is 13.8 Å². The summed E-state index contributed by atoms with van der Waals surface area (Å²) in [6.07, 6.45) is 0.0413. The Morgan fingerprint density at radius 1 is 1.64 bits per heavy atom. The number of rotatable bonds is 3. The maximum Gasteiger partial charge on any atom is 0.337 e. The van der Waals surface area contributed by atoms with E-state index in [0.717, 1.165) is 0 Å². The Bertz CT molecular complexity index is 334. The van der Waals surface area contributed by atoms with Crippen LogP contribution in [0, 0.1) is 0 Å². The van der Waals surface area contributed by atoms with Gasteiger partial charge in [0, 0.05) is 13.0 Å². The standard InChI is InChI=1S/C8H14O5S/c1-3-13-8(7(9)10)4-5-14(11,12)6(8)2/h6H,3-5H2,1-2H3,(H,9,10). The summed E-state index contributed by atoms with van der Waals surface area (Å²) < 4.78 is 27.9. The quantitative estimate of drug-likeness (QED) is 0.730. The summed E-state index contributed by atoms with van der Waals surface area (Å²) in [6.45, 7) is 3.25. The maximum atomic E-state index is 11.4. The van der Waals surface area contributed by atoms with E-state index in [-0.39, 0.29) is 18.8 Å². The first-order valence-corrected chi connectivity index (χ1v) is 6.17. The average Bonchev–Trinajstić information content (AvgIpc) is 2.31. The molecule has 0 aliphatic carbocycles. The monoisotopic (exact) mass is 222 g/mol. The average molecular weight is 222 g/mol. The molecule has 0 spiro atoms. The van der Waals surface area contributed by atoms with Crippen molar-refractivity contribution in [2.24, 2.45) is 0 Å². The Morgan fingerprint density at radius 3 is 2.50 bits per heavy atom. The molecule has 0 aromatic carbocycles. The fourth-order valence-electron chi connectivity index (χ4n) is 1.75. The van der Waals surface area contributed by atoms with Crippen molar-refractivity contribution in [3.8, 4) is 0 Å². The van der Waals surface area contributed by atoms with Crippen LogP contribution in [-0.4, -0.2) is 42.7 Å². The third-order valence-corrected chi connectivity index (χ3v) is 4.95. The van der Waals surface area contributed by atoms with Crippen molar-refractivity contribution in [1.82, 2.24) is 0 Å². The number of ether oxygens (including phenoxy) is 1. The minimum atomic E-state index is -3.31. The highest BCUT2D eigenvalue weighted by molar-refractivity contribution is 7.92. The van der Waals surface area contributed by atoms with Crippen molar-refractivity contribution in [3.05, 3.63) is 0 Å². The van der Waals surface area contributed by atoms with Gasteiger partial charge < -0.3 is 9.84 Å². The van der Waals surface area contributed by atoms with Gasteiger partial charge in [0.25, 0.3) is 0 Å². The highest BCUT2D eigenvalue weighted by Crippen LogP contribution is 2.34. The molecule has 1 N–H and O–H groups in total. The molecule has 82 valence electrons. The number of hydrogen-bond donors (Lipinski definition) is 1. The van der Waals surface area contributed by atoms with Crippen LogP contribution in [0.2, 0.25) is 0 Å². The lowest BCUT2D eigenvalue weighted by molar-refractivity contribution is -0.164. The van der Waals surface area contributed by atoms with E-state index < -0.39 is 26.7 Å². The van der Waals surface area contributed by atoms with Gasteiger partial charge in [0.05, 0.1) is 11.0 Å². The van der Waals surface area contributed by atoms with Gasteiger partial charge in [-0.3, -0.25) is 0 Å². The summed E-state index contributed by atoms with van der Waals surface area (Å²) in [4.78, 5) is 11.0. The summed E-state index contributed by atoms with van der Waals surface area (Å²) in [6, 6.07) is 0. The van der Waals surface area contributed by atoms with Crippen LogP contribution in [0.15, 0.2) is 0 Å². The van der Waals surface area contributed by atoms with Crippen molar-refractivity contribution < 1.29 is 23.1 Å². The molecular weight excluding hydrogens is 208 g/mol. The number of carbonyl (C=O) groups is 1. The van der Waals surface area contributed by atoms with E-state index in [2.05, 4.69) is 0 Å². The van der Waals surface area contributed by atoms with Crippen LogP contribution in [0.1, 0.15) is 20.3 Å². The highest BCUT2D eigenvalue weighted by atomic mass is 32.2. The zero-order chi connectivity index (χ0) is 11.0. The van der Waals surface area contributed by atoms with E-state index in [1.54, 1.807) is 6.92 Å². The number of sulfone groups is 1. The van der Waals surface area contributed by atoms with E-state index in [9.17, 15) is 13.2 Å². The Balaban J connectivity index is 3.09. The molecule has 0 aromatic heterocycles. The van der Waals surface area contributed by atoms with E-state index in [4.69, 9.17) is 9.84 Å². The normalized spacial score (nSPS) is 35.7. The Hall–Kier alpha value is -0.620. The molecule has 0 amide bonds. The largest absolute Gasteiger partial charge is 0.479 e. The SMILES string of the molecule is CCOC1(C(=O)O)CCS(=O)(=O)C1C. The molecule has 0 bridgehead atoms. The van der Waals surface area contributed by atoms with Crippen molar-refractivity contribution >= 4 is 15.8 Å². The van der Waals surface area contributed by atoms with Crippen molar-refractivity contribution in [2.75, 3.05) is 12.4 Å². The second-order valence-corrected chi connectivity index (χ2v) is 5.83. The Morgan fingerprint density at radius 2 is 2.21 bits per heavy atom. The van der Waals surface area contributed by atoms with E-state index in [1.165, 1.54) is 6.92 Å². The number of carboxylic acid groups (broad SMARTS) is 1. The third-order valence-electron chi connectivity index (χ3n) is 2.72. The summed E-state index contributed by atoms with van der Waals surface area (Å²) in [5.41, 5.74) is -1.53. The fourth-order valence-corrected chi connectivity index (χ4v) is 3.56. The molecule has 0 saturated carbocycles. The first-order valence-electron chi connectivity index (χ1n) is 4.45. The third kappa shape index (κ3) is 1.52. The molecule has 1 aliphatic rings. The molecule has 0 aromatic rings. The summed E-state index contributed by atoms with van der Waals surface area (Å²) in [7, 11) is -3.31. The van der Waals surface area contributed by atoms with Gasteiger partial charge in [-0.15, -0.1) is 0 Å². The van der Waals surface area contributed by atoms with Gasteiger partial charge in [-0.2, -0.15) is 0 Å². The first-order chi connectivity index (χ1) is 6.37. The minimum absolute atomic E-state index is 0.0413. The lowest BCUT2D eigenvalue weighted by atomic mass is 9.97. The van der Waals surface area contributed by atoms with Crippen LogP contribution in [-0.2, 0) is 19.4 Å². The van der Waals surface area contributed by atoms with Crippen molar-refractivity contribution in [1.29, 1.82) is 0 Å². The van der Waals surface area contributed by atoms with E-state index in [0.29, 0.717) is 0 Å². The number of carboxylic acids is 1. The number of aliphatic carboxylic acids is 1. The summed E-state index contributed by atoms with van der Waals surface area (Å²) in [5.74, 6) is -1.30. The topological polar surface area (TPSA) is 80.7 Å². The summed E-state index contributed by atoms with van der Waals surface area (Å²) in [5, 5.41) is 8.04. The van der Waals surface area contributed by atoms with Crippen LogP contribution in [0.3, 0.4) is 0 Å². The minimum Gasteiger partial charge on any atom is -0.479 e. The predicted octanol–water partition coefficient (Wildman–Crippen LogP) is 0.0533. The van der Waals surface area contributed by atoms with Crippen LogP contribution in [0.5, 0.6) is 0 Å². The van der Waals surface area contributed by atoms with Gasteiger partial charge in [-0.1, -0.05) is 0 Å². The van der Waals surface area contributed by atoms with Gasteiger partial charge >= 0.3 is 5.97 Å². The van der Waals surface area contributed by atoms with E-state index >= 15 is 0 Å². The predicted molar refractivity (Wildman–Crippen MR) is 49.9 cm³/mol. The molecule has 2 atom stereocenters. The lowest BCUT2D eigenvalue weighted by Gasteiger charge is -2.27. The maximum absolute atomic E-state index is 11.4. The first kappa shape index (κ1) is 11.5. The zero-order valence-electron chi connectivity index (χ0n) is 8.19. The van der Waals surface area contributed by atoms with Crippen LogP contribution < -0.4 is 0 Å². The van der Waals surface area contributed by atoms with Crippen molar-refractivity contribution in [2.45, 2.75) is 31.1 Å². The molecular formula is C8H14O5S. The Kier molecular flexibility index (Phi) is 2.87. The molecule has 1 aliphatic heterocycles. The summed E-state index contributed by atoms with van der Waals surface area (Å²) >= 11 is 0. The van der Waals surface area contributed by atoms with Gasteiger partial charge in [-0.25, -0.2) is 13.2 Å². The van der Waals surface area contributed by atoms with Gasteiger partial charge in [0.1, 0.15) is 0 Å². The molecule has 1 fully saturated rings. The van der Waals surface area contributed by atoms with Gasteiger partial charge in [0.2, 0.25) is 0 Å². The van der Waals surface area contributed by atoms with Crippen LogP contribution >= 0.6 is 0 Å². The molecule has 14 heavy (non-hydrogen) atoms. The van der Waals surface area contributed by atoms with Gasteiger partial charge in [0.15, 0.2) is 15.4 Å². The fraction of sp³-hybridized carbons (Fsp3) is 0.875. The Labute approximate surface area is 83.0 Å². The lowest BCUT2D eigenvalue weighted by Crippen LogP contribution is -2.48. The molecule has 2 unspecified atom stereocenters. The highest BCUT2D eigenvalue weighted by Gasteiger charge is 2.56. The molecule has 1 saturated heterocycles.